The van der Waals surface area contributed by atoms with Gasteiger partial charge in [-0.25, -0.2) is 0 Å². The average Bonchev–Trinajstić information content (AvgIpc) is 3.50. The maximum atomic E-state index is 3.89. The van der Waals surface area contributed by atoms with Gasteiger partial charge < -0.3 is 9.88 Å². The summed E-state index contributed by atoms with van der Waals surface area (Å²) in [5.41, 5.74) is 13.2. The van der Waals surface area contributed by atoms with Gasteiger partial charge in [0.25, 0.3) is 0 Å². The Morgan fingerprint density at radius 2 is 1.31 bits per heavy atom. The first kappa shape index (κ1) is 22.7. The Bertz CT molecular complexity index is 1940. The van der Waals surface area contributed by atoms with Crippen LogP contribution < -0.4 is 5.32 Å². The molecule has 0 radical (unpaired) electrons. The van der Waals surface area contributed by atoms with E-state index in [9.17, 15) is 0 Å². The van der Waals surface area contributed by atoms with E-state index in [1.54, 1.807) is 0 Å². The molecule has 190 valence electrons. The van der Waals surface area contributed by atoms with Crippen molar-refractivity contribution in [1.82, 2.24) is 4.57 Å². The van der Waals surface area contributed by atoms with Crippen molar-refractivity contribution in [3.63, 3.8) is 0 Å². The number of benzene rings is 5. The van der Waals surface area contributed by atoms with Crippen molar-refractivity contribution < 1.29 is 0 Å². The summed E-state index contributed by atoms with van der Waals surface area (Å²) in [7, 11) is 0. The van der Waals surface area contributed by atoms with Gasteiger partial charge in [-0.15, -0.1) is 0 Å². The normalized spacial score (nSPS) is 18.1. The molecule has 2 heteroatoms. The molecule has 0 spiro atoms. The summed E-state index contributed by atoms with van der Waals surface area (Å²) in [6, 6.07) is 40.7. The van der Waals surface area contributed by atoms with Crippen LogP contribution in [0.5, 0.6) is 0 Å². The van der Waals surface area contributed by atoms with E-state index in [-0.39, 0.29) is 16.9 Å². The second kappa shape index (κ2) is 7.64. The number of nitrogens with one attached hydrogen (secondary N) is 1. The molecule has 0 fully saturated rings. The fourth-order valence-electron chi connectivity index (χ4n) is 7.41. The van der Waals surface area contributed by atoms with Crippen LogP contribution in [0.4, 0.5) is 5.69 Å². The molecule has 2 heterocycles. The Balaban J connectivity index is 1.37. The van der Waals surface area contributed by atoms with Gasteiger partial charge in [-0.3, -0.25) is 0 Å². The van der Waals surface area contributed by atoms with Crippen molar-refractivity contribution in [3.8, 4) is 16.8 Å². The largest absolute Gasteiger partial charge is 0.377 e. The minimum absolute atomic E-state index is 0.0310. The zero-order chi connectivity index (χ0) is 26.5. The topological polar surface area (TPSA) is 17.0 Å². The second-order valence-corrected chi connectivity index (χ2v) is 12.4. The minimum atomic E-state index is -0.0479. The molecule has 1 atom stereocenters. The van der Waals surface area contributed by atoms with Crippen LogP contribution >= 0.6 is 0 Å². The summed E-state index contributed by atoms with van der Waals surface area (Å²) >= 11 is 0. The number of aromatic nitrogens is 1. The average molecular weight is 505 g/mol. The van der Waals surface area contributed by atoms with Crippen LogP contribution in [0, 0.1) is 0 Å². The molecule has 1 unspecified atom stereocenters. The predicted molar refractivity (Wildman–Crippen MR) is 164 cm³/mol. The molecule has 2 nitrogen and oxygen atoms in total. The fraction of sp³-hybridized carbons (Fsp3) is 0.189. The van der Waals surface area contributed by atoms with Crippen LogP contribution in [0.1, 0.15) is 56.0 Å². The molecule has 1 aliphatic carbocycles. The molecule has 1 aliphatic heterocycles. The number of fused-ring (bicyclic) bond motifs is 7. The maximum Gasteiger partial charge on any atom is 0.0606 e. The highest BCUT2D eigenvalue weighted by atomic mass is 15.0. The van der Waals surface area contributed by atoms with E-state index in [0.29, 0.717) is 0 Å². The maximum absolute atomic E-state index is 3.89. The van der Waals surface area contributed by atoms with E-state index in [1.165, 1.54) is 66.6 Å². The van der Waals surface area contributed by atoms with Gasteiger partial charge in [-0.1, -0.05) is 107 Å². The van der Waals surface area contributed by atoms with Crippen molar-refractivity contribution in [2.45, 2.75) is 44.6 Å². The number of para-hydroxylation sites is 1. The second-order valence-electron chi connectivity index (χ2n) is 12.4. The van der Waals surface area contributed by atoms with Gasteiger partial charge >= 0.3 is 0 Å². The van der Waals surface area contributed by atoms with E-state index in [2.05, 4.69) is 147 Å². The predicted octanol–water partition coefficient (Wildman–Crippen LogP) is 9.53. The van der Waals surface area contributed by atoms with E-state index in [0.717, 1.165) is 0 Å². The molecular weight excluding hydrogens is 472 g/mol. The monoisotopic (exact) mass is 504 g/mol. The summed E-state index contributed by atoms with van der Waals surface area (Å²) in [6.07, 6.45) is 0. The lowest BCUT2D eigenvalue weighted by atomic mass is 9.77. The first-order valence-corrected chi connectivity index (χ1v) is 14.0. The lowest BCUT2D eigenvalue weighted by molar-refractivity contribution is 0.474. The Hall–Kier alpha value is -4.30. The van der Waals surface area contributed by atoms with Crippen LogP contribution in [-0.4, -0.2) is 4.57 Å². The van der Waals surface area contributed by atoms with Crippen LogP contribution in [-0.2, 0) is 10.8 Å². The highest BCUT2D eigenvalue weighted by molar-refractivity contribution is 6.11. The van der Waals surface area contributed by atoms with E-state index < -0.39 is 0 Å². The number of hydrogen-bond acceptors (Lipinski definition) is 1. The molecule has 0 amide bonds. The molecular formula is C37H32N2. The summed E-state index contributed by atoms with van der Waals surface area (Å²) in [4.78, 5) is 0. The minimum Gasteiger partial charge on any atom is -0.377 e. The first-order chi connectivity index (χ1) is 18.9. The van der Waals surface area contributed by atoms with Gasteiger partial charge in [0.05, 0.1) is 17.1 Å². The number of nitrogens with zero attached hydrogens (tertiary/aromatic N) is 1. The molecule has 0 saturated carbocycles. The Morgan fingerprint density at radius 3 is 2.15 bits per heavy atom. The third-order valence-corrected chi connectivity index (χ3v) is 9.49. The summed E-state index contributed by atoms with van der Waals surface area (Å²) < 4.78 is 2.48. The number of hydrogen-bond donors (Lipinski definition) is 1. The van der Waals surface area contributed by atoms with Gasteiger partial charge in [0.1, 0.15) is 0 Å². The molecule has 0 bridgehead atoms. The quantitative estimate of drug-likeness (QED) is 0.248. The zero-order valence-corrected chi connectivity index (χ0v) is 22.9. The van der Waals surface area contributed by atoms with E-state index in [4.69, 9.17) is 0 Å². The number of rotatable bonds is 2. The smallest absolute Gasteiger partial charge is 0.0606 e. The van der Waals surface area contributed by atoms with Crippen LogP contribution in [0.3, 0.4) is 0 Å². The third-order valence-electron chi connectivity index (χ3n) is 9.49. The molecule has 6 aromatic rings. The van der Waals surface area contributed by atoms with Gasteiger partial charge in [0.2, 0.25) is 0 Å². The first-order valence-electron chi connectivity index (χ1n) is 14.0. The van der Waals surface area contributed by atoms with Crippen LogP contribution in [0.25, 0.3) is 38.6 Å². The molecule has 5 aromatic carbocycles. The summed E-state index contributed by atoms with van der Waals surface area (Å²) in [6.45, 7) is 9.46. The standard InChI is InChI=1S/C37H32N2/c1-36(2)29-16-10-8-14-25(29)26-19-18-24(20-30(26)36)39-33-17-11-9-15-27(33)28-21-32-31(22-34(28)39)37(3,4)35(38-32)23-12-6-5-7-13-23/h5-22,35,38H,1-4H3. The van der Waals surface area contributed by atoms with Crippen molar-refractivity contribution in [3.05, 3.63) is 131 Å². The molecule has 8 rings (SSSR count). The third kappa shape index (κ3) is 2.97. The van der Waals surface area contributed by atoms with Crippen molar-refractivity contribution in [2.24, 2.45) is 0 Å². The Kier molecular flexibility index (Phi) is 4.44. The summed E-state index contributed by atoms with van der Waals surface area (Å²) in [5, 5.41) is 6.48. The van der Waals surface area contributed by atoms with Crippen LogP contribution in [0.2, 0.25) is 0 Å². The molecule has 2 aliphatic rings. The summed E-state index contributed by atoms with van der Waals surface area (Å²) in [5.74, 6) is 0. The molecule has 0 saturated heterocycles. The molecule has 1 aromatic heterocycles. The van der Waals surface area contributed by atoms with Crippen molar-refractivity contribution >= 4 is 27.5 Å². The van der Waals surface area contributed by atoms with Crippen molar-refractivity contribution in [1.29, 1.82) is 0 Å². The highest BCUT2D eigenvalue weighted by Crippen LogP contribution is 2.52. The lowest BCUT2D eigenvalue weighted by Crippen LogP contribution is -2.25. The Morgan fingerprint density at radius 1 is 0.590 bits per heavy atom. The van der Waals surface area contributed by atoms with E-state index in [1.807, 2.05) is 0 Å². The fourth-order valence-corrected chi connectivity index (χ4v) is 7.41. The van der Waals surface area contributed by atoms with Gasteiger partial charge in [-0.05, 0) is 63.7 Å². The van der Waals surface area contributed by atoms with Gasteiger partial charge in [0, 0.05) is 33.0 Å². The SMILES string of the molecule is CC1(C)c2ccccc2-c2ccc(-n3c4ccccc4c4cc5c(cc43)C(C)(C)C(c3ccccc3)N5)cc21. The van der Waals surface area contributed by atoms with Crippen molar-refractivity contribution in [2.75, 3.05) is 5.32 Å². The highest BCUT2D eigenvalue weighted by Gasteiger charge is 2.41. The molecule has 39 heavy (non-hydrogen) atoms. The van der Waals surface area contributed by atoms with Gasteiger partial charge in [-0.2, -0.15) is 0 Å². The van der Waals surface area contributed by atoms with Crippen LogP contribution in [0.15, 0.2) is 109 Å². The lowest BCUT2D eigenvalue weighted by Gasteiger charge is -2.28. The van der Waals surface area contributed by atoms with Gasteiger partial charge in [0.15, 0.2) is 0 Å². The zero-order valence-electron chi connectivity index (χ0n) is 22.9. The Labute approximate surface area is 229 Å². The number of anilines is 1. The van der Waals surface area contributed by atoms with E-state index >= 15 is 0 Å². The molecule has 1 N–H and O–H groups in total.